The molecule has 1 aromatic heterocycles. The number of hydrogen-bond donors (Lipinski definition) is 2. The Labute approximate surface area is 113 Å². The molecule has 0 aliphatic heterocycles. The van der Waals surface area contributed by atoms with Crippen LogP contribution in [0.2, 0.25) is 0 Å². The molecule has 0 aromatic carbocycles. The molecule has 104 valence electrons. The third-order valence-corrected chi connectivity index (χ3v) is 3.42. The second-order valence-electron chi connectivity index (χ2n) is 4.99. The van der Waals surface area contributed by atoms with E-state index in [-0.39, 0.29) is 5.91 Å². The van der Waals surface area contributed by atoms with E-state index in [0.717, 1.165) is 12.8 Å². The van der Waals surface area contributed by atoms with E-state index >= 15 is 0 Å². The highest BCUT2D eigenvalue weighted by atomic mass is 16.5. The lowest BCUT2D eigenvalue weighted by Gasteiger charge is -2.24. The molecule has 0 radical (unpaired) electrons. The molecule has 2 rings (SSSR count). The minimum absolute atomic E-state index is 0.0878. The zero-order chi connectivity index (χ0) is 13.7. The quantitative estimate of drug-likeness (QED) is 0.869. The first-order valence-electron chi connectivity index (χ1n) is 6.84. The molecular formula is C14H21N3O2. The lowest BCUT2D eigenvalue weighted by molar-refractivity contribution is -0.128. The summed E-state index contributed by atoms with van der Waals surface area (Å²) in [7, 11) is 0. The Hall–Kier alpha value is -1.78. The number of nitrogens with zero attached hydrogens (tertiary/aromatic N) is 1. The van der Waals surface area contributed by atoms with Crippen molar-refractivity contribution in [2.75, 3.05) is 5.73 Å². The first-order valence-corrected chi connectivity index (χ1v) is 6.84. The summed E-state index contributed by atoms with van der Waals surface area (Å²) in [6.07, 6.45) is 6.81. The van der Waals surface area contributed by atoms with Gasteiger partial charge in [-0.25, -0.2) is 4.98 Å². The number of rotatable bonds is 4. The Bertz CT molecular complexity index is 430. The van der Waals surface area contributed by atoms with Crippen LogP contribution < -0.4 is 15.8 Å². The first kappa shape index (κ1) is 13.6. The molecule has 1 aromatic rings. The zero-order valence-electron chi connectivity index (χ0n) is 11.3. The van der Waals surface area contributed by atoms with Crippen LogP contribution in [0.3, 0.4) is 0 Å². The minimum Gasteiger partial charge on any atom is -0.477 e. The highest BCUT2D eigenvalue weighted by molar-refractivity contribution is 5.81. The van der Waals surface area contributed by atoms with E-state index in [1.165, 1.54) is 19.3 Å². The lowest BCUT2D eigenvalue weighted by Crippen LogP contribution is -2.43. The van der Waals surface area contributed by atoms with Gasteiger partial charge in [0.05, 0.1) is 0 Å². The molecule has 1 saturated carbocycles. The highest BCUT2D eigenvalue weighted by Gasteiger charge is 2.21. The molecule has 1 aliphatic carbocycles. The summed E-state index contributed by atoms with van der Waals surface area (Å²) in [4.78, 5) is 16.0. The van der Waals surface area contributed by atoms with Crippen LogP contribution in [0.25, 0.3) is 0 Å². The van der Waals surface area contributed by atoms with Crippen LogP contribution >= 0.6 is 0 Å². The molecule has 5 heteroatoms. The van der Waals surface area contributed by atoms with Crippen LogP contribution in [-0.2, 0) is 4.79 Å². The number of carbonyl (C=O) groups is 1. The third-order valence-electron chi connectivity index (χ3n) is 3.42. The first-order chi connectivity index (χ1) is 9.16. The van der Waals surface area contributed by atoms with Gasteiger partial charge in [-0.05, 0) is 31.9 Å². The van der Waals surface area contributed by atoms with Crippen molar-refractivity contribution in [2.45, 2.75) is 51.2 Å². The zero-order valence-corrected chi connectivity index (χ0v) is 11.3. The Morgan fingerprint density at radius 1 is 1.47 bits per heavy atom. The number of ether oxygens (including phenoxy) is 1. The largest absolute Gasteiger partial charge is 0.477 e. The molecule has 0 spiro atoms. The van der Waals surface area contributed by atoms with Gasteiger partial charge in [0.2, 0.25) is 0 Å². The second-order valence-corrected chi connectivity index (χ2v) is 4.99. The Morgan fingerprint density at radius 3 is 2.89 bits per heavy atom. The molecule has 5 nitrogen and oxygen atoms in total. The SMILES string of the molecule is CC(Oc1cccnc1N)C(=O)NC1CCCCC1. The predicted octanol–water partition coefficient (Wildman–Crippen LogP) is 1.88. The summed E-state index contributed by atoms with van der Waals surface area (Å²) in [5.74, 6) is 0.670. The molecule has 1 aliphatic rings. The second kappa shape index (κ2) is 6.41. The van der Waals surface area contributed by atoms with Crippen LogP contribution in [0.1, 0.15) is 39.0 Å². The number of pyridine rings is 1. The van der Waals surface area contributed by atoms with Crippen LogP contribution in [0.4, 0.5) is 5.82 Å². The Kier molecular flexibility index (Phi) is 4.60. The molecule has 1 heterocycles. The normalized spacial score (nSPS) is 17.7. The van der Waals surface area contributed by atoms with Gasteiger partial charge in [0, 0.05) is 12.2 Å². The van der Waals surface area contributed by atoms with Crippen molar-refractivity contribution in [3.63, 3.8) is 0 Å². The van der Waals surface area contributed by atoms with E-state index in [0.29, 0.717) is 17.6 Å². The lowest BCUT2D eigenvalue weighted by atomic mass is 9.95. The molecule has 0 bridgehead atoms. The topological polar surface area (TPSA) is 77.2 Å². The number of amides is 1. The van der Waals surface area contributed by atoms with Gasteiger partial charge in [0.25, 0.3) is 5.91 Å². The fourth-order valence-electron chi connectivity index (χ4n) is 2.31. The van der Waals surface area contributed by atoms with Crippen molar-refractivity contribution >= 4 is 11.7 Å². The average molecular weight is 263 g/mol. The number of nitrogens with two attached hydrogens (primary N) is 1. The van der Waals surface area contributed by atoms with E-state index in [1.807, 2.05) is 0 Å². The average Bonchev–Trinajstić information content (AvgIpc) is 2.42. The van der Waals surface area contributed by atoms with Crippen molar-refractivity contribution in [1.29, 1.82) is 0 Å². The number of hydrogen-bond acceptors (Lipinski definition) is 4. The summed E-state index contributed by atoms with van der Waals surface area (Å²) in [5, 5.41) is 3.03. The third kappa shape index (κ3) is 3.84. The standard InChI is InChI=1S/C14H21N3O2/c1-10(19-12-8-5-9-16-13(12)15)14(18)17-11-6-3-2-4-7-11/h5,8-11H,2-4,6-7H2,1H3,(H2,15,16)(H,17,18). The van der Waals surface area contributed by atoms with Crippen LogP contribution in [0.5, 0.6) is 5.75 Å². The van der Waals surface area contributed by atoms with Gasteiger partial charge in [0.1, 0.15) is 0 Å². The number of aromatic nitrogens is 1. The van der Waals surface area contributed by atoms with Crippen LogP contribution in [0.15, 0.2) is 18.3 Å². The van der Waals surface area contributed by atoms with Gasteiger partial charge in [-0.15, -0.1) is 0 Å². The predicted molar refractivity (Wildman–Crippen MR) is 73.8 cm³/mol. The summed E-state index contributed by atoms with van der Waals surface area (Å²) in [6, 6.07) is 3.74. The van der Waals surface area contributed by atoms with Crippen LogP contribution in [-0.4, -0.2) is 23.0 Å². The number of nitrogen functional groups attached to an aromatic ring is 1. The van der Waals surface area contributed by atoms with Gasteiger partial charge in [0.15, 0.2) is 17.7 Å². The van der Waals surface area contributed by atoms with Gasteiger partial charge < -0.3 is 15.8 Å². The van der Waals surface area contributed by atoms with Gasteiger partial charge in [-0.3, -0.25) is 4.79 Å². The van der Waals surface area contributed by atoms with Crippen molar-refractivity contribution in [3.05, 3.63) is 18.3 Å². The van der Waals surface area contributed by atoms with E-state index in [1.54, 1.807) is 25.3 Å². The Balaban J connectivity index is 1.87. The fraction of sp³-hybridized carbons (Fsp3) is 0.571. The molecule has 19 heavy (non-hydrogen) atoms. The van der Waals surface area contributed by atoms with Crippen molar-refractivity contribution in [3.8, 4) is 5.75 Å². The van der Waals surface area contributed by atoms with Crippen molar-refractivity contribution < 1.29 is 9.53 Å². The van der Waals surface area contributed by atoms with Crippen molar-refractivity contribution in [1.82, 2.24) is 10.3 Å². The number of anilines is 1. The molecule has 0 saturated heterocycles. The van der Waals surface area contributed by atoms with Gasteiger partial charge >= 0.3 is 0 Å². The summed E-state index contributed by atoms with van der Waals surface area (Å²) < 4.78 is 5.55. The molecular weight excluding hydrogens is 242 g/mol. The molecule has 1 fully saturated rings. The van der Waals surface area contributed by atoms with Gasteiger partial charge in [-0.1, -0.05) is 19.3 Å². The fourth-order valence-corrected chi connectivity index (χ4v) is 2.31. The monoisotopic (exact) mass is 263 g/mol. The van der Waals surface area contributed by atoms with Crippen LogP contribution in [0, 0.1) is 0 Å². The smallest absolute Gasteiger partial charge is 0.260 e. The van der Waals surface area contributed by atoms with E-state index < -0.39 is 6.10 Å². The summed E-state index contributed by atoms with van der Waals surface area (Å²) >= 11 is 0. The highest BCUT2D eigenvalue weighted by Crippen LogP contribution is 2.20. The van der Waals surface area contributed by atoms with Crippen molar-refractivity contribution in [2.24, 2.45) is 0 Å². The summed E-state index contributed by atoms with van der Waals surface area (Å²) in [5.41, 5.74) is 5.69. The van der Waals surface area contributed by atoms with E-state index in [4.69, 9.17) is 10.5 Å². The molecule has 1 amide bonds. The maximum absolute atomic E-state index is 12.0. The van der Waals surface area contributed by atoms with Gasteiger partial charge in [-0.2, -0.15) is 0 Å². The van der Waals surface area contributed by atoms with E-state index in [2.05, 4.69) is 10.3 Å². The number of carbonyl (C=O) groups excluding carboxylic acids is 1. The molecule has 3 N–H and O–H groups in total. The maximum atomic E-state index is 12.0. The van der Waals surface area contributed by atoms with E-state index in [9.17, 15) is 4.79 Å². The minimum atomic E-state index is -0.562. The number of nitrogens with one attached hydrogen (secondary N) is 1. The summed E-state index contributed by atoms with van der Waals surface area (Å²) in [6.45, 7) is 1.73. The molecule has 1 unspecified atom stereocenters. The maximum Gasteiger partial charge on any atom is 0.260 e. The Morgan fingerprint density at radius 2 is 2.21 bits per heavy atom. The molecule has 1 atom stereocenters.